The first-order valence-corrected chi connectivity index (χ1v) is 10.9. The summed E-state index contributed by atoms with van der Waals surface area (Å²) >= 11 is 17.4. The molecule has 1 aliphatic rings. The zero-order valence-corrected chi connectivity index (χ0v) is 19.4. The molecule has 35 heavy (non-hydrogen) atoms. The van der Waals surface area contributed by atoms with E-state index in [1.165, 1.54) is 0 Å². The largest absolute Gasteiger partial charge is 0.417 e. The van der Waals surface area contributed by atoms with Gasteiger partial charge in [0.1, 0.15) is 5.54 Å². The van der Waals surface area contributed by atoms with Gasteiger partial charge in [-0.05, 0) is 48.2 Å². The van der Waals surface area contributed by atoms with E-state index in [2.05, 4.69) is 0 Å². The molecule has 0 radical (unpaired) electrons. The van der Waals surface area contributed by atoms with Gasteiger partial charge in [-0.25, -0.2) is 8.78 Å². The molecule has 3 rings (SSSR count). The first-order chi connectivity index (χ1) is 16.0. The van der Waals surface area contributed by atoms with Crippen molar-refractivity contribution >= 4 is 46.8 Å². The van der Waals surface area contributed by atoms with Gasteiger partial charge in [-0.1, -0.05) is 53.0 Å². The van der Waals surface area contributed by atoms with Crippen LogP contribution in [0.15, 0.2) is 36.4 Å². The standard InChI is InChI=1S/C22H14Cl3F8NO/c23-15-8-11(9-16(24)17(15)25)13(21(28,29)30)4-2-10-1-3-12(14(7-10)22(31,32)33)18(35)34-20(5-6-20)19(26)27/h1-4,7-9,13,19H,5-6H2,(H,34,35)/b4-2+. The monoisotopic (exact) mass is 565 g/mol. The van der Waals surface area contributed by atoms with Crippen LogP contribution in [0.1, 0.15) is 45.8 Å². The lowest BCUT2D eigenvalue weighted by molar-refractivity contribution is -0.139. The van der Waals surface area contributed by atoms with Crippen molar-refractivity contribution in [3.63, 3.8) is 0 Å². The van der Waals surface area contributed by atoms with Gasteiger partial charge in [-0.3, -0.25) is 4.79 Å². The van der Waals surface area contributed by atoms with Crippen LogP contribution in [0.4, 0.5) is 35.1 Å². The van der Waals surface area contributed by atoms with Crippen molar-refractivity contribution in [2.45, 2.75) is 43.1 Å². The van der Waals surface area contributed by atoms with Crippen LogP contribution in [-0.4, -0.2) is 24.0 Å². The van der Waals surface area contributed by atoms with E-state index in [0.29, 0.717) is 12.1 Å². The van der Waals surface area contributed by atoms with Gasteiger partial charge in [-0.15, -0.1) is 0 Å². The Kier molecular flexibility index (Phi) is 7.70. The Labute approximate surface area is 208 Å². The molecule has 2 aromatic rings. The molecular weight excluding hydrogens is 553 g/mol. The Morgan fingerprint density at radius 1 is 0.971 bits per heavy atom. The van der Waals surface area contributed by atoms with Crippen molar-refractivity contribution in [1.82, 2.24) is 5.32 Å². The van der Waals surface area contributed by atoms with Crippen molar-refractivity contribution in [3.05, 3.63) is 73.7 Å². The Hall–Kier alpha value is -2.04. The summed E-state index contributed by atoms with van der Waals surface area (Å²) in [6, 6.07) is 4.02. The number of carbonyl (C=O) groups excluding carboxylic acids is 1. The third-order valence-corrected chi connectivity index (χ3v) is 6.56. The van der Waals surface area contributed by atoms with E-state index in [1.54, 1.807) is 0 Å². The number of halogens is 11. The highest BCUT2D eigenvalue weighted by Gasteiger charge is 2.53. The fourth-order valence-corrected chi connectivity index (χ4v) is 3.91. The zero-order chi connectivity index (χ0) is 26.3. The van der Waals surface area contributed by atoms with E-state index in [-0.39, 0.29) is 33.5 Å². The van der Waals surface area contributed by atoms with E-state index >= 15 is 0 Å². The van der Waals surface area contributed by atoms with Crippen LogP contribution in [-0.2, 0) is 6.18 Å². The molecule has 0 aliphatic heterocycles. The quantitative estimate of drug-likeness (QED) is 0.276. The number of allylic oxidation sites excluding steroid dienone is 1. The number of benzene rings is 2. The number of rotatable bonds is 6. The molecule has 1 aliphatic carbocycles. The van der Waals surface area contributed by atoms with Gasteiger partial charge >= 0.3 is 12.4 Å². The SMILES string of the molecule is O=C(NC1(C(F)F)CC1)c1ccc(/C=C/C(c2cc(Cl)c(Cl)c(Cl)c2)C(F)(F)F)cc1C(F)(F)F. The van der Waals surface area contributed by atoms with E-state index in [1.807, 2.05) is 5.32 Å². The summed E-state index contributed by atoms with van der Waals surface area (Å²) in [5.41, 5.74) is -5.00. The maximum atomic E-state index is 13.7. The van der Waals surface area contributed by atoms with Crippen LogP contribution in [0.5, 0.6) is 0 Å². The normalized spacial score (nSPS) is 16.6. The predicted octanol–water partition coefficient (Wildman–Crippen LogP) is 8.55. The van der Waals surface area contributed by atoms with Crippen LogP contribution in [0.2, 0.25) is 15.1 Å². The lowest BCUT2D eigenvalue weighted by Crippen LogP contribution is -2.42. The highest BCUT2D eigenvalue weighted by atomic mass is 35.5. The average molecular weight is 567 g/mol. The summed E-state index contributed by atoms with van der Waals surface area (Å²) in [7, 11) is 0. The number of nitrogens with one attached hydrogen (secondary N) is 1. The summed E-state index contributed by atoms with van der Waals surface area (Å²) in [6.07, 6.45) is -11.7. The van der Waals surface area contributed by atoms with Crippen molar-refractivity contribution < 1.29 is 39.9 Å². The van der Waals surface area contributed by atoms with E-state index in [9.17, 15) is 39.9 Å². The molecule has 1 fully saturated rings. The van der Waals surface area contributed by atoms with Gasteiger partial charge < -0.3 is 5.32 Å². The predicted molar refractivity (Wildman–Crippen MR) is 116 cm³/mol. The summed E-state index contributed by atoms with van der Waals surface area (Å²) in [5.74, 6) is -3.66. The Bertz CT molecular complexity index is 1130. The van der Waals surface area contributed by atoms with Gasteiger partial charge in [0, 0.05) is 0 Å². The van der Waals surface area contributed by atoms with Crippen LogP contribution in [0.25, 0.3) is 6.08 Å². The minimum Gasteiger partial charge on any atom is -0.341 e. The van der Waals surface area contributed by atoms with Crippen molar-refractivity contribution in [3.8, 4) is 0 Å². The first-order valence-electron chi connectivity index (χ1n) is 9.76. The highest BCUT2D eigenvalue weighted by Crippen LogP contribution is 2.43. The van der Waals surface area contributed by atoms with Gasteiger partial charge in [0.15, 0.2) is 0 Å². The van der Waals surface area contributed by atoms with Gasteiger partial charge in [0.25, 0.3) is 12.3 Å². The smallest absolute Gasteiger partial charge is 0.341 e. The Morgan fingerprint density at radius 2 is 1.54 bits per heavy atom. The first kappa shape index (κ1) is 27.5. The van der Waals surface area contributed by atoms with Gasteiger partial charge in [-0.2, -0.15) is 26.3 Å². The summed E-state index contributed by atoms with van der Waals surface area (Å²) in [6.45, 7) is 0. The molecule has 1 atom stereocenters. The Morgan fingerprint density at radius 3 is 2.00 bits per heavy atom. The number of amides is 1. The maximum Gasteiger partial charge on any atom is 0.417 e. The molecule has 0 saturated heterocycles. The average Bonchev–Trinajstić information content (AvgIpc) is 3.51. The maximum absolute atomic E-state index is 13.7. The minimum atomic E-state index is -5.08. The number of hydrogen-bond donors (Lipinski definition) is 1. The molecule has 13 heteroatoms. The van der Waals surface area contributed by atoms with Crippen LogP contribution in [0, 0.1) is 0 Å². The van der Waals surface area contributed by atoms with Crippen molar-refractivity contribution in [2.75, 3.05) is 0 Å². The van der Waals surface area contributed by atoms with E-state index in [4.69, 9.17) is 34.8 Å². The minimum absolute atomic E-state index is 0.0872. The van der Waals surface area contributed by atoms with Crippen LogP contribution < -0.4 is 5.32 Å². The molecule has 1 N–H and O–H groups in total. The molecule has 0 bridgehead atoms. The topological polar surface area (TPSA) is 29.1 Å². The van der Waals surface area contributed by atoms with E-state index < -0.39 is 52.8 Å². The summed E-state index contributed by atoms with van der Waals surface area (Å²) in [4.78, 5) is 12.3. The molecule has 0 spiro atoms. The molecule has 0 heterocycles. The molecule has 190 valence electrons. The molecule has 1 unspecified atom stereocenters. The van der Waals surface area contributed by atoms with Crippen LogP contribution in [0.3, 0.4) is 0 Å². The van der Waals surface area contributed by atoms with E-state index in [0.717, 1.165) is 30.3 Å². The lowest BCUT2D eigenvalue weighted by atomic mass is 9.96. The van der Waals surface area contributed by atoms with Crippen LogP contribution >= 0.6 is 34.8 Å². The number of hydrogen-bond acceptors (Lipinski definition) is 1. The third kappa shape index (κ3) is 6.21. The molecule has 2 aromatic carbocycles. The Balaban J connectivity index is 1.97. The molecular formula is C22H14Cl3F8NO. The fraction of sp³-hybridized carbons (Fsp3) is 0.318. The highest BCUT2D eigenvalue weighted by molar-refractivity contribution is 6.48. The van der Waals surface area contributed by atoms with Gasteiger partial charge in [0.05, 0.1) is 32.1 Å². The second-order valence-corrected chi connectivity index (χ2v) is 9.08. The summed E-state index contributed by atoms with van der Waals surface area (Å²) < 4.78 is 108. The number of carbonyl (C=O) groups is 1. The lowest BCUT2D eigenvalue weighted by Gasteiger charge is -2.19. The molecule has 1 amide bonds. The molecule has 0 aromatic heterocycles. The molecule has 1 saturated carbocycles. The third-order valence-electron chi connectivity index (χ3n) is 5.36. The second-order valence-electron chi connectivity index (χ2n) is 7.89. The van der Waals surface area contributed by atoms with Crippen molar-refractivity contribution in [2.24, 2.45) is 0 Å². The fourth-order valence-electron chi connectivity index (χ4n) is 3.30. The van der Waals surface area contributed by atoms with Crippen molar-refractivity contribution in [1.29, 1.82) is 0 Å². The van der Waals surface area contributed by atoms with Gasteiger partial charge in [0.2, 0.25) is 0 Å². The molecule has 2 nitrogen and oxygen atoms in total. The summed E-state index contributed by atoms with van der Waals surface area (Å²) in [5, 5.41) is 1.28. The number of alkyl halides is 8. The second kappa shape index (κ2) is 9.78. The zero-order valence-electron chi connectivity index (χ0n) is 17.2.